The van der Waals surface area contributed by atoms with Crippen molar-refractivity contribution in [3.05, 3.63) is 53.8 Å². The van der Waals surface area contributed by atoms with Crippen LogP contribution >= 0.6 is 11.6 Å². The Labute approximate surface area is 181 Å². The molecule has 0 radical (unpaired) electrons. The molecule has 4 rings (SSSR count). The summed E-state index contributed by atoms with van der Waals surface area (Å²) in [4.78, 5) is 34.3. The lowest BCUT2D eigenvalue weighted by atomic mass is 9.75. The van der Waals surface area contributed by atoms with Gasteiger partial charge in [0, 0.05) is 36.0 Å². The number of nitrogens with one attached hydrogen (secondary N) is 2. The molecule has 8 heteroatoms. The summed E-state index contributed by atoms with van der Waals surface area (Å²) in [7, 11) is 2.06. The van der Waals surface area contributed by atoms with Gasteiger partial charge in [0.1, 0.15) is 0 Å². The van der Waals surface area contributed by atoms with Crippen molar-refractivity contribution in [2.24, 2.45) is 5.41 Å². The Morgan fingerprint density at radius 2 is 1.83 bits per heavy atom. The zero-order valence-electron chi connectivity index (χ0n) is 17.0. The standard InChI is InChI=1S/C22H26ClN5O2/c1-27-13-9-22(20(29)25-18-3-2-11-24-15-18)10-14-28(12-8-19(22)27)21(30)26-17-6-4-16(23)5-7-17/h2-7,11,15,19H,8-10,12-14H2,1H3,(H,25,29)(H,26,30)/t19-,22-/m0/s1. The molecule has 2 aliphatic heterocycles. The molecule has 3 amide bonds. The van der Waals surface area contributed by atoms with E-state index in [1.807, 2.05) is 12.1 Å². The average Bonchev–Trinajstić information content (AvgIpc) is 2.94. The number of fused-ring (bicyclic) bond motifs is 1. The summed E-state index contributed by atoms with van der Waals surface area (Å²) in [6, 6.07) is 10.7. The summed E-state index contributed by atoms with van der Waals surface area (Å²) in [6.07, 6.45) is 5.51. The number of amides is 3. The zero-order chi connectivity index (χ0) is 21.1. The van der Waals surface area contributed by atoms with Crippen molar-refractivity contribution in [3.63, 3.8) is 0 Å². The number of carbonyl (C=O) groups is 2. The van der Waals surface area contributed by atoms with Gasteiger partial charge >= 0.3 is 6.03 Å². The number of benzene rings is 1. The molecule has 0 aliphatic carbocycles. The predicted molar refractivity (Wildman–Crippen MR) is 118 cm³/mol. The lowest BCUT2D eigenvalue weighted by Gasteiger charge is -2.34. The Hall–Kier alpha value is -2.64. The SMILES string of the molecule is CN1CC[C@]2(C(=O)Nc3cccnc3)CCN(C(=O)Nc3ccc(Cl)cc3)CC[C@H]12. The van der Waals surface area contributed by atoms with Gasteiger partial charge in [-0.3, -0.25) is 9.78 Å². The van der Waals surface area contributed by atoms with Crippen molar-refractivity contribution < 1.29 is 9.59 Å². The second-order valence-corrected chi connectivity index (χ2v) is 8.50. The highest BCUT2D eigenvalue weighted by atomic mass is 35.5. The van der Waals surface area contributed by atoms with Gasteiger partial charge in [-0.25, -0.2) is 4.79 Å². The molecule has 2 aromatic rings. The Balaban J connectivity index is 1.48. The van der Waals surface area contributed by atoms with E-state index < -0.39 is 5.41 Å². The van der Waals surface area contributed by atoms with Crippen molar-refractivity contribution in [3.8, 4) is 0 Å². The quantitative estimate of drug-likeness (QED) is 0.783. The summed E-state index contributed by atoms with van der Waals surface area (Å²) in [5.41, 5.74) is 0.890. The van der Waals surface area contributed by atoms with E-state index in [0.717, 1.165) is 19.4 Å². The van der Waals surface area contributed by atoms with E-state index in [2.05, 4.69) is 27.6 Å². The molecule has 2 N–H and O–H groups in total. The van der Waals surface area contributed by atoms with Crippen molar-refractivity contribution in [1.29, 1.82) is 0 Å². The van der Waals surface area contributed by atoms with Crippen molar-refractivity contribution in [1.82, 2.24) is 14.8 Å². The Kier molecular flexibility index (Phi) is 5.92. The first-order valence-electron chi connectivity index (χ1n) is 10.2. The van der Waals surface area contributed by atoms with E-state index in [1.165, 1.54) is 0 Å². The van der Waals surface area contributed by atoms with Crippen LogP contribution in [0.3, 0.4) is 0 Å². The summed E-state index contributed by atoms with van der Waals surface area (Å²) in [6.45, 7) is 2.02. The maximum atomic E-state index is 13.4. The van der Waals surface area contributed by atoms with Gasteiger partial charge in [-0.1, -0.05) is 11.6 Å². The van der Waals surface area contributed by atoms with Gasteiger partial charge < -0.3 is 20.4 Å². The number of likely N-dealkylation sites (tertiary alicyclic amines) is 2. The van der Waals surface area contributed by atoms with E-state index in [-0.39, 0.29) is 18.0 Å². The fourth-order valence-electron chi connectivity index (χ4n) is 4.64. The first-order valence-corrected chi connectivity index (χ1v) is 10.6. The molecule has 1 aromatic carbocycles. The number of nitrogens with zero attached hydrogens (tertiary/aromatic N) is 3. The fourth-order valence-corrected chi connectivity index (χ4v) is 4.77. The number of anilines is 2. The third-order valence-corrected chi connectivity index (χ3v) is 6.59. The van der Waals surface area contributed by atoms with Crippen LogP contribution in [0.25, 0.3) is 0 Å². The van der Waals surface area contributed by atoms with Crippen LogP contribution in [-0.4, -0.2) is 59.4 Å². The number of aromatic nitrogens is 1. The van der Waals surface area contributed by atoms with Crippen LogP contribution in [0.5, 0.6) is 0 Å². The molecule has 2 fully saturated rings. The number of carbonyl (C=O) groups excluding carboxylic acids is 2. The van der Waals surface area contributed by atoms with Gasteiger partial charge in [-0.05, 0) is 69.3 Å². The van der Waals surface area contributed by atoms with Gasteiger partial charge in [0.15, 0.2) is 0 Å². The van der Waals surface area contributed by atoms with E-state index in [1.54, 1.807) is 41.6 Å². The fraction of sp³-hybridized carbons (Fsp3) is 0.409. The summed E-state index contributed by atoms with van der Waals surface area (Å²) in [5, 5.41) is 6.61. The average molecular weight is 428 g/mol. The molecule has 2 aliphatic rings. The Morgan fingerprint density at radius 1 is 1.07 bits per heavy atom. The second kappa shape index (κ2) is 8.62. The molecule has 0 unspecified atom stereocenters. The van der Waals surface area contributed by atoms with E-state index in [9.17, 15) is 9.59 Å². The second-order valence-electron chi connectivity index (χ2n) is 8.06. The van der Waals surface area contributed by atoms with Crippen LogP contribution in [0.15, 0.2) is 48.8 Å². The number of halogens is 1. The highest BCUT2D eigenvalue weighted by Crippen LogP contribution is 2.44. The zero-order valence-corrected chi connectivity index (χ0v) is 17.7. The highest BCUT2D eigenvalue weighted by molar-refractivity contribution is 6.30. The van der Waals surface area contributed by atoms with Crippen LogP contribution in [0, 0.1) is 5.41 Å². The normalized spacial score (nSPS) is 24.1. The Bertz CT molecular complexity index is 908. The smallest absolute Gasteiger partial charge is 0.321 e. The molecule has 0 bridgehead atoms. The number of hydrogen-bond donors (Lipinski definition) is 2. The van der Waals surface area contributed by atoms with Crippen LogP contribution in [-0.2, 0) is 4.79 Å². The minimum absolute atomic E-state index is 0.0183. The van der Waals surface area contributed by atoms with Crippen LogP contribution < -0.4 is 10.6 Å². The topological polar surface area (TPSA) is 77.6 Å². The molecule has 2 saturated heterocycles. The summed E-state index contributed by atoms with van der Waals surface area (Å²) < 4.78 is 0. The monoisotopic (exact) mass is 427 g/mol. The van der Waals surface area contributed by atoms with Gasteiger partial charge in [0.2, 0.25) is 5.91 Å². The molecule has 7 nitrogen and oxygen atoms in total. The first kappa shape index (κ1) is 20.6. The van der Waals surface area contributed by atoms with E-state index in [4.69, 9.17) is 11.6 Å². The number of pyridine rings is 1. The maximum Gasteiger partial charge on any atom is 0.321 e. The van der Waals surface area contributed by atoms with Crippen LogP contribution in [0.1, 0.15) is 19.3 Å². The third-order valence-electron chi connectivity index (χ3n) is 6.34. The molecule has 0 spiro atoms. The van der Waals surface area contributed by atoms with Crippen molar-refractivity contribution >= 4 is 34.9 Å². The van der Waals surface area contributed by atoms with Crippen LogP contribution in [0.2, 0.25) is 5.02 Å². The van der Waals surface area contributed by atoms with Crippen molar-refractivity contribution in [2.75, 3.05) is 37.3 Å². The first-order chi connectivity index (χ1) is 14.5. The van der Waals surface area contributed by atoms with Crippen molar-refractivity contribution in [2.45, 2.75) is 25.3 Å². The number of urea groups is 1. The third kappa shape index (κ3) is 4.13. The summed E-state index contributed by atoms with van der Waals surface area (Å²) >= 11 is 5.92. The van der Waals surface area contributed by atoms with Gasteiger partial charge in [-0.2, -0.15) is 0 Å². The van der Waals surface area contributed by atoms with E-state index >= 15 is 0 Å². The van der Waals surface area contributed by atoms with Gasteiger partial charge in [0.25, 0.3) is 0 Å². The number of hydrogen-bond acceptors (Lipinski definition) is 4. The van der Waals surface area contributed by atoms with Gasteiger partial charge in [-0.15, -0.1) is 0 Å². The lowest BCUT2D eigenvalue weighted by molar-refractivity contribution is -0.127. The molecule has 30 heavy (non-hydrogen) atoms. The van der Waals surface area contributed by atoms with E-state index in [0.29, 0.717) is 35.9 Å². The summed E-state index contributed by atoms with van der Waals surface area (Å²) in [5.74, 6) is 0.0183. The molecule has 3 heterocycles. The Morgan fingerprint density at radius 3 is 2.57 bits per heavy atom. The molecule has 158 valence electrons. The molecule has 1 aromatic heterocycles. The minimum Gasteiger partial charge on any atom is -0.324 e. The maximum absolute atomic E-state index is 13.4. The molecule has 2 atom stereocenters. The highest BCUT2D eigenvalue weighted by Gasteiger charge is 2.52. The molecular formula is C22H26ClN5O2. The van der Waals surface area contributed by atoms with Crippen LogP contribution in [0.4, 0.5) is 16.2 Å². The molecular weight excluding hydrogens is 402 g/mol. The molecule has 0 saturated carbocycles. The predicted octanol–water partition coefficient (Wildman–Crippen LogP) is 3.69. The lowest BCUT2D eigenvalue weighted by Crippen LogP contribution is -2.46. The number of rotatable bonds is 3. The minimum atomic E-state index is -0.514. The van der Waals surface area contributed by atoms with Gasteiger partial charge in [0.05, 0.1) is 17.3 Å². The largest absolute Gasteiger partial charge is 0.324 e.